The van der Waals surface area contributed by atoms with E-state index in [1.807, 2.05) is 12.1 Å². The number of aliphatic hydroxyl groups is 1. The molecule has 1 unspecified atom stereocenters. The van der Waals surface area contributed by atoms with Crippen LogP contribution >= 0.6 is 0 Å². The summed E-state index contributed by atoms with van der Waals surface area (Å²) in [6.07, 6.45) is 3.51. The highest BCUT2D eigenvalue weighted by atomic mass is 16.3. The zero-order valence-electron chi connectivity index (χ0n) is 7.48. The number of nitrogens with zero attached hydrogens (tertiary/aromatic N) is 1. The van der Waals surface area contributed by atoms with Gasteiger partial charge in [-0.15, -0.1) is 0 Å². The van der Waals surface area contributed by atoms with Crippen molar-refractivity contribution in [2.45, 2.75) is 12.6 Å². The minimum atomic E-state index is -0.179. The van der Waals surface area contributed by atoms with Crippen molar-refractivity contribution in [1.82, 2.24) is 10.3 Å². The summed E-state index contributed by atoms with van der Waals surface area (Å²) < 4.78 is 0. The van der Waals surface area contributed by atoms with Gasteiger partial charge in [0.2, 0.25) is 0 Å². The van der Waals surface area contributed by atoms with Crippen LogP contribution in [-0.2, 0) is 6.54 Å². The Bertz CT molecular complexity index is 228. The molecule has 0 aliphatic heterocycles. The molecule has 0 bridgehead atoms. The maximum atomic E-state index is 8.66. The molecule has 4 heteroatoms. The fourth-order valence-corrected chi connectivity index (χ4v) is 0.967. The molecular formula is C9H15N3O. The molecule has 0 spiro atoms. The first-order valence-corrected chi connectivity index (χ1v) is 4.29. The van der Waals surface area contributed by atoms with E-state index in [9.17, 15) is 0 Å². The molecule has 1 aromatic heterocycles. The molecule has 4 nitrogen and oxygen atoms in total. The van der Waals surface area contributed by atoms with E-state index in [1.165, 1.54) is 5.56 Å². The second kappa shape index (κ2) is 5.64. The zero-order chi connectivity index (χ0) is 9.52. The number of nitrogens with two attached hydrogens (primary N) is 1. The van der Waals surface area contributed by atoms with Crippen molar-refractivity contribution >= 4 is 0 Å². The lowest BCUT2D eigenvalue weighted by atomic mass is 10.2. The average Bonchev–Trinajstić information content (AvgIpc) is 2.19. The Balaban J connectivity index is 2.20. The quantitative estimate of drug-likeness (QED) is 0.572. The van der Waals surface area contributed by atoms with Crippen molar-refractivity contribution < 1.29 is 5.11 Å². The maximum Gasteiger partial charge on any atom is 0.0594 e. The summed E-state index contributed by atoms with van der Waals surface area (Å²) in [5.74, 6) is 0. The van der Waals surface area contributed by atoms with Crippen LogP contribution in [0.2, 0.25) is 0 Å². The number of aliphatic hydroxyl groups excluding tert-OH is 1. The van der Waals surface area contributed by atoms with Gasteiger partial charge in [-0.2, -0.15) is 0 Å². The van der Waals surface area contributed by atoms with Gasteiger partial charge in [0.05, 0.1) is 6.61 Å². The van der Waals surface area contributed by atoms with Crippen LogP contribution in [0.3, 0.4) is 0 Å². The lowest BCUT2D eigenvalue weighted by Gasteiger charge is -2.09. The molecule has 0 saturated heterocycles. The minimum absolute atomic E-state index is 0.0172. The van der Waals surface area contributed by atoms with E-state index in [2.05, 4.69) is 10.3 Å². The van der Waals surface area contributed by atoms with Crippen molar-refractivity contribution in [1.29, 1.82) is 0 Å². The fraction of sp³-hybridized carbons (Fsp3) is 0.444. The lowest BCUT2D eigenvalue weighted by molar-refractivity contribution is 0.262. The van der Waals surface area contributed by atoms with Gasteiger partial charge in [0.1, 0.15) is 0 Å². The standard InChI is InChI=1S/C9H15N3O/c10-9(7-13)6-12-5-8-1-3-11-4-2-8/h1-4,9,12-13H,5-7,10H2. The van der Waals surface area contributed by atoms with Crippen LogP contribution in [0.4, 0.5) is 0 Å². The first-order chi connectivity index (χ1) is 6.33. The number of rotatable bonds is 5. The SMILES string of the molecule is NC(CO)CNCc1ccncc1. The van der Waals surface area contributed by atoms with Crippen LogP contribution in [0.15, 0.2) is 24.5 Å². The summed E-state index contributed by atoms with van der Waals surface area (Å²) in [6.45, 7) is 1.40. The van der Waals surface area contributed by atoms with Crippen molar-refractivity contribution in [3.05, 3.63) is 30.1 Å². The molecule has 0 aliphatic carbocycles. The van der Waals surface area contributed by atoms with Gasteiger partial charge in [-0.3, -0.25) is 4.98 Å². The molecule has 0 aliphatic rings. The van der Waals surface area contributed by atoms with Gasteiger partial charge in [0, 0.05) is 31.5 Å². The predicted octanol–water partition coefficient (Wildman–Crippen LogP) is -0.509. The second-order valence-corrected chi connectivity index (χ2v) is 2.93. The van der Waals surface area contributed by atoms with Gasteiger partial charge in [0.25, 0.3) is 0 Å². The Labute approximate surface area is 77.8 Å². The number of pyridine rings is 1. The van der Waals surface area contributed by atoms with E-state index in [4.69, 9.17) is 10.8 Å². The Morgan fingerprint density at radius 2 is 2.15 bits per heavy atom. The van der Waals surface area contributed by atoms with Gasteiger partial charge >= 0.3 is 0 Å². The summed E-state index contributed by atoms with van der Waals surface area (Å²) in [7, 11) is 0. The van der Waals surface area contributed by atoms with Crippen LogP contribution < -0.4 is 11.1 Å². The highest BCUT2D eigenvalue weighted by Gasteiger charge is 1.98. The van der Waals surface area contributed by atoms with E-state index in [-0.39, 0.29) is 12.6 Å². The Kier molecular flexibility index (Phi) is 4.39. The summed E-state index contributed by atoms with van der Waals surface area (Å²) in [5.41, 5.74) is 6.68. The summed E-state index contributed by atoms with van der Waals surface area (Å²) in [6, 6.07) is 3.71. The molecule has 0 fully saturated rings. The van der Waals surface area contributed by atoms with E-state index in [1.54, 1.807) is 12.4 Å². The summed E-state index contributed by atoms with van der Waals surface area (Å²) in [5, 5.41) is 11.8. The molecule has 1 rings (SSSR count). The third-order valence-corrected chi connectivity index (χ3v) is 1.72. The molecule has 0 radical (unpaired) electrons. The van der Waals surface area contributed by atoms with Crippen molar-refractivity contribution in [3.8, 4) is 0 Å². The molecule has 1 aromatic rings. The highest BCUT2D eigenvalue weighted by Crippen LogP contribution is 1.94. The van der Waals surface area contributed by atoms with E-state index in [0.717, 1.165) is 6.54 Å². The number of hydrogen-bond acceptors (Lipinski definition) is 4. The highest BCUT2D eigenvalue weighted by molar-refractivity contribution is 5.08. The second-order valence-electron chi connectivity index (χ2n) is 2.93. The molecule has 1 atom stereocenters. The smallest absolute Gasteiger partial charge is 0.0594 e. The number of nitrogens with one attached hydrogen (secondary N) is 1. The molecule has 1 heterocycles. The van der Waals surface area contributed by atoms with Crippen molar-refractivity contribution in [3.63, 3.8) is 0 Å². The van der Waals surface area contributed by atoms with Crippen molar-refractivity contribution in [2.75, 3.05) is 13.2 Å². The van der Waals surface area contributed by atoms with E-state index in [0.29, 0.717) is 6.54 Å². The van der Waals surface area contributed by atoms with Gasteiger partial charge in [-0.1, -0.05) is 0 Å². The molecule has 72 valence electrons. The van der Waals surface area contributed by atoms with Crippen LogP contribution in [0, 0.1) is 0 Å². The van der Waals surface area contributed by atoms with Gasteiger partial charge in [-0.25, -0.2) is 0 Å². The number of hydrogen-bond donors (Lipinski definition) is 3. The summed E-state index contributed by atoms with van der Waals surface area (Å²) >= 11 is 0. The van der Waals surface area contributed by atoms with Crippen LogP contribution in [0.25, 0.3) is 0 Å². The molecule has 13 heavy (non-hydrogen) atoms. The van der Waals surface area contributed by atoms with Crippen LogP contribution in [-0.4, -0.2) is 29.3 Å². The van der Waals surface area contributed by atoms with Crippen LogP contribution in [0.5, 0.6) is 0 Å². The van der Waals surface area contributed by atoms with E-state index >= 15 is 0 Å². The fourth-order valence-electron chi connectivity index (χ4n) is 0.967. The van der Waals surface area contributed by atoms with E-state index < -0.39 is 0 Å². The molecule has 0 aromatic carbocycles. The predicted molar refractivity (Wildman–Crippen MR) is 51.0 cm³/mol. The van der Waals surface area contributed by atoms with Crippen molar-refractivity contribution in [2.24, 2.45) is 5.73 Å². The zero-order valence-corrected chi connectivity index (χ0v) is 7.48. The Hall–Kier alpha value is -0.970. The largest absolute Gasteiger partial charge is 0.395 e. The van der Waals surface area contributed by atoms with Gasteiger partial charge in [-0.05, 0) is 17.7 Å². The monoisotopic (exact) mass is 181 g/mol. The third kappa shape index (κ3) is 3.98. The molecule has 0 saturated carbocycles. The maximum absolute atomic E-state index is 8.66. The normalized spacial score (nSPS) is 12.8. The van der Waals surface area contributed by atoms with Crippen LogP contribution in [0.1, 0.15) is 5.56 Å². The molecule has 0 amide bonds. The molecule has 4 N–H and O–H groups in total. The van der Waals surface area contributed by atoms with Gasteiger partial charge in [0.15, 0.2) is 0 Å². The van der Waals surface area contributed by atoms with Gasteiger partial charge < -0.3 is 16.2 Å². The number of aromatic nitrogens is 1. The third-order valence-electron chi connectivity index (χ3n) is 1.72. The minimum Gasteiger partial charge on any atom is -0.395 e. The Morgan fingerprint density at radius 3 is 2.77 bits per heavy atom. The molecular weight excluding hydrogens is 166 g/mol. The topological polar surface area (TPSA) is 71.2 Å². The summed E-state index contributed by atoms with van der Waals surface area (Å²) in [4.78, 5) is 3.91. The average molecular weight is 181 g/mol. The first kappa shape index (κ1) is 10.1. The first-order valence-electron chi connectivity index (χ1n) is 4.29. The lowest BCUT2D eigenvalue weighted by Crippen LogP contribution is -2.36. The Morgan fingerprint density at radius 1 is 1.46 bits per heavy atom.